The molecule has 1 heteroatoms. The van der Waals surface area contributed by atoms with Crippen LogP contribution in [0, 0.1) is 0 Å². The van der Waals surface area contributed by atoms with Gasteiger partial charge in [-0.25, -0.2) is 0 Å². The third-order valence-electron chi connectivity index (χ3n) is 2.16. The average molecular weight is 200 g/mol. The first-order chi connectivity index (χ1) is 7.29. The minimum absolute atomic E-state index is 0.0731. The second-order valence-corrected chi connectivity index (χ2v) is 3.33. The molecular weight excluding hydrogens is 184 g/mol. The summed E-state index contributed by atoms with van der Waals surface area (Å²) in [5, 5.41) is 0. The Labute approximate surface area is 91.2 Å². The van der Waals surface area contributed by atoms with E-state index in [1.54, 1.807) is 12.2 Å². The van der Waals surface area contributed by atoms with E-state index in [2.05, 4.69) is 6.58 Å². The van der Waals surface area contributed by atoms with Crippen LogP contribution < -0.4 is 0 Å². The van der Waals surface area contributed by atoms with E-state index < -0.39 is 0 Å². The van der Waals surface area contributed by atoms with E-state index in [9.17, 15) is 4.79 Å². The molecule has 15 heavy (non-hydrogen) atoms. The Kier molecular flexibility index (Phi) is 4.55. The molecule has 0 N–H and O–H groups in total. The molecule has 78 valence electrons. The molecule has 1 nitrogen and oxygen atoms in total. The zero-order valence-electron chi connectivity index (χ0n) is 9.07. The van der Waals surface area contributed by atoms with Gasteiger partial charge in [-0.1, -0.05) is 49.1 Å². The number of ketones is 1. The van der Waals surface area contributed by atoms with Crippen LogP contribution in [0.5, 0.6) is 0 Å². The zero-order chi connectivity index (χ0) is 11.1. The van der Waals surface area contributed by atoms with Crippen molar-refractivity contribution in [3.63, 3.8) is 0 Å². The van der Waals surface area contributed by atoms with Crippen LogP contribution in [0.2, 0.25) is 0 Å². The number of allylic oxidation sites excluding steroid dienone is 9. The quantitative estimate of drug-likeness (QED) is 0.501. The van der Waals surface area contributed by atoms with Crippen molar-refractivity contribution in [2.24, 2.45) is 0 Å². The molecule has 0 saturated heterocycles. The largest absolute Gasteiger partial charge is 0.289 e. The molecule has 0 aromatic carbocycles. The summed E-state index contributed by atoms with van der Waals surface area (Å²) in [7, 11) is 0. The summed E-state index contributed by atoms with van der Waals surface area (Å²) in [4.78, 5) is 12.0. The highest BCUT2D eigenvalue weighted by Gasteiger charge is 2.10. The first kappa shape index (κ1) is 11.4. The zero-order valence-corrected chi connectivity index (χ0v) is 9.07. The van der Waals surface area contributed by atoms with Crippen LogP contribution in [0.4, 0.5) is 0 Å². The summed E-state index contributed by atoms with van der Waals surface area (Å²) in [6, 6.07) is 0. The van der Waals surface area contributed by atoms with Gasteiger partial charge < -0.3 is 0 Å². The lowest BCUT2D eigenvalue weighted by Crippen LogP contribution is -2.04. The van der Waals surface area contributed by atoms with Gasteiger partial charge in [0.25, 0.3) is 0 Å². The van der Waals surface area contributed by atoms with E-state index >= 15 is 0 Å². The molecular formula is C14H16O. The number of hydrogen-bond acceptors (Lipinski definition) is 1. The fourth-order valence-electron chi connectivity index (χ4n) is 1.46. The van der Waals surface area contributed by atoms with E-state index in [4.69, 9.17) is 0 Å². The monoisotopic (exact) mass is 200 g/mol. The van der Waals surface area contributed by atoms with E-state index in [0.29, 0.717) is 5.57 Å². The van der Waals surface area contributed by atoms with Crippen molar-refractivity contribution in [3.8, 4) is 0 Å². The SMILES string of the molecule is C=C/C=C(\C=C/C)C(=O)C1=CCCC=C1. The fourth-order valence-corrected chi connectivity index (χ4v) is 1.46. The molecule has 0 amide bonds. The molecule has 1 aliphatic rings. The van der Waals surface area contributed by atoms with Crippen molar-refractivity contribution in [1.82, 2.24) is 0 Å². The van der Waals surface area contributed by atoms with Crippen LogP contribution in [-0.4, -0.2) is 5.78 Å². The highest BCUT2D eigenvalue weighted by molar-refractivity contribution is 6.12. The number of carbonyl (C=O) groups excluding carboxylic acids is 1. The Morgan fingerprint density at radius 1 is 1.47 bits per heavy atom. The van der Waals surface area contributed by atoms with Gasteiger partial charge in [-0.3, -0.25) is 4.79 Å². The van der Waals surface area contributed by atoms with E-state index in [0.717, 1.165) is 18.4 Å². The molecule has 0 atom stereocenters. The Morgan fingerprint density at radius 3 is 2.80 bits per heavy atom. The van der Waals surface area contributed by atoms with Crippen LogP contribution in [0.25, 0.3) is 0 Å². The number of Topliss-reactive ketones (excluding diaryl/α,β-unsaturated/α-hetero) is 1. The summed E-state index contributed by atoms with van der Waals surface area (Å²) in [5.41, 5.74) is 1.47. The van der Waals surface area contributed by atoms with Gasteiger partial charge in [-0.05, 0) is 19.8 Å². The minimum Gasteiger partial charge on any atom is -0.289 e. The van der Waals surface area contributed by atoms with Gasteiger partial charge >= 0.3 is 0 Å². The number of rotatable bonds is 4. The molecule has 0 aromatic rings. The average Bonchev–Trinajstić information content (AvgIpc) is 2.29. The summed E-state index contributed by atoms with van der Waals surface area (Å²) in [5.74, 6) is 0.0731. The molecule has 0 fully saturated rings. The van der Waals surface area contributed by atoms with Gasteiger partial charge in [0, 0.05) is 11.1 Å². The Balaban J connectivity index is 2.90. The second kappa shape index (κ2) is 5.97. The smallest absolute Gasteiger partial charge is 0.192 e. The lowest BCUT2D eigenvalue weighted by Gasteiger charge is -2.06. The molecule has 0 aromatic heterocycles. The summed E-state index contributed by atoms with van der Waals surface area (Å²) in [6.45, 7) is 5.51. The third kappa shape index (κ3) is 3.21. The van der Waals surface area contributed by atoms with E-state index in [-0.39, 0.29) is 5.78 Å². The maximum absolute atomic E-state index is 12.0. The predicted octanol–water partition coefficient (Wildman–Crippen LogP) is 3.52. The van der Waals surface area contributed by atoms with Crippen molar-refractivity contribution in [1.29, 1.82) is 0 Å². The third-order valence-corrected chi connectivity index (χ3v) is 2.16. The molecule has 1 aliphatic carbocycles. The maximum atomic E-state index is 12.0. The number of hydrogen-bond donors (Lipinski definition) is 0. The van der Waals surface area contributed by atoms with Gasteiger partial charge in [0.05, 0.1) is 0 Å². The van der Waals surface area contributed by atoms with Crippen LogP contribution in [0.1, 0.15) is 19.8 Å². The summed E-state index contributed by atoms with van der Waals surface area (Å²) < 4.78 is 0. The van der Waals surface area contributed by atoms with Crippen LogP contribution in [0.3, 0.4) is 0 Å². The highest BCUT2D eigenvalue weighted by atomic mass is 16.1. The van der Waals surface area contributed by atoms with Crippen molar-refractivity contribution >= 4 is 5.78 Å². The normalized spacial score (nSPS) is 16.6. The molecule has 0 bridgehead atoms. The van der Waals surface area contributed by atoms with E-state index in [1.807, 2.05) is 37.3 Å². The lowest BCUT2D eigenvalue weighted by atomic mass is 9.98. The molecule has 0 radical (unpaired) electrons. The Morgan fingerprint density at radius 2 is 2.27 bits per heavy atom. The second-order valence-electron chi connectivity index (χ2n) is 3.33. The maximum Gasteiger partial charge on any atom is 0.192 e. The molecule has 0 aliphatic heterocycles. The summed E-state index contributed by atoms with van der Waals surface area (Å²) in [6.07, 6.45) is 15.0. The Bertz CT molecular complexity index is 365. The van der Waals surface area contributed by atoms with Gasteiger partial charge in [-0.2, -0.15) is 0 Å². The predicted molar refractivity (Wildman–Crippen MR) is 64.6 cm³/mol. The standard InChI is InChI=1S/C14H16O/c1-3-8-12(9-4-2)14(15)13-10-6-5-7-11-13/h3-4,6,8-11H,1,5,7H2,2H3/b9-4-,12-8+. The minimum atomic E-state index is 0.0731. The molecule has 1 rings (SSSR count). The summed E-state index contributed by atoms with van der Waals surface area (Å²) >= 11 is 0. The van der Waals surface area contributed by atoms with Gasteiger partial charge in [0.15, 0.2) is 5.78 Å². The van der Waals surface area contributed by atoms with Crippen LogP contribution in [0.15, 0.2) is 60.3 Å². The van der Waals surface area contributed by atoms with Crippen LogP contribution >= 0.6 is 0 Å². The molecule has 0 spiro atoms. The van der Waals surface area contributed by atoms with Crippen LogP contribution in [-0.2, 0) is 4.79 Å². The number of carbonyl (C=O) groups is 1. The van der Waals surface area contributed by atoms with Crippen molar-refractivity contribution in [2.45, 2.75) is 19.8 Å². The van der Waals surface area contributed by atoms with Crippen molar-refractivity contribution in [3.05, 3.63) is 60.3 Å². The fraction of sp³-hybridized carbons (Fsp3) is 0.214. The highest BCUT2D eigenvalue weighted by Crippen LogP contribution is 2.15. The molecule has 0 saturated carbocycles. The van der Waals surface area contributed by atoms with Crippen molar-refractivity contribution < 1.29 is 4.79 Å². The van der Waals surface area contributed by atoms with Gasteiger partial charge in [0.2, 0.25) is 0 Å². The molecule has 0 heterocycles. The van der Waals surface area contributed by atoms with Crippen molar-refractivity contribution in [2.75, 3.05) is 0 Å². The van der Waals surface area contributed by atoms with Gasteiger partial charge in [-0.15, -0.1) is 0 Å². The molecule has 0 unspecified atom stereocenters. The lowest BCUT2D eigenvalue weighted by molar-refractivity contribution is -0.111. The topological polar surface area (TPSA) is 17.1 Å². The van der Waals surface area contributed by atoms with Gasteiger partial charge in [0.1, 0.15) is 0 Å². The Hall–Kier alpha value is -1.63. The first-order valence-corrected chi connectivity index (χ1v) is 5.16. The van der Waals surface area contributed by atoms with E-state index in [1.165, 1.54) is 0 Å². The first-order valence-electron chi connectivity index (χ1n) is 5.16.